The molecule has 3 atom stereocenters. The summed E-state index contributed by atoms with van der Waals surface area (Å²) in [6.07, 6.45) is 10.2. The van der Waals surface area contributed by atoms with E-state index in [1.807, 2.05) is 0 Å². The Bertz CT molecular complexity index is 964. The van der Waals surface area contributed by atoms with E-state index in [1.54, 1.807) is 29.2 Å². The maximum absolute atomic E-state index is 13.3. The molecule has 4 rings (SSSR count). The second kappa shape index (κ2) is 8.08. The molecular weight excluding hydrogens is 367 g/mol. The van der Waals surface area contributed by atoms with Gasteiger partial charge < -0.3 is 10.2 Å². The van der Waals surface area contributed by atoms with E-state index in [0.29, 0.717) is 29.2 Å². The predicted molar refractivity (Wildman–Crippen MR) is 110 cm³/mol. The molecule has 5 heteroatoms. The molecule has 2 aliphatic rings. The number of fused-ring (bicyclic) bond motifs is 1. The van der Waals surface area contributed by atoms with Crippen molar-refractivity contribution in [2.45, 2.75) is 44.2 Å². The third-order valence-corrected chi connectivity index (χ3v) is 6.01. The van der Waals surface area contributed by atoms with Crippen LogP contribution in [0.15, 0.2) is 48.5 Å². The van der Waals surface area contributed by atoms with Gasteiger partial charge in [0.2, 0.25) is 5.91 Å². The summed E-state index contributed by atoms with van der Waals surface area (Å²) in [4.78, 5) is 28.2. The summed E-state index contributed by atoms with van der Waals surface area (Å²) >= 11 is 0. The third kappa shape index (κ3) is 3.88. The van der Waals surface area contributed by atoms with Gasteiger partial charge in [0.05, 0.1) is 0 Å². The molecule has 2 aromatic carbocycles. The molecule has 1 heterocycles. The normalized spacial score (nSPS) is 23.2. The fraction of sp³-hybridized carbons (Fsp3) is 0.333. The van der Waals surface area contributed by atoms with Crippen molar-refractivity contribution < 1.29 is 14.0 Å². The fourth-order valence-electron chi connectivity index (χ4n) is 4.64. The van der Waals surface area contributed by atoms with Crippen molar-refractivity contribution in [2.75, 3.05) is 5.32 Å². The highest BCUT2D eigenvalue weighted by atomic mass is 19.1. The van der Waals surface area contributed by atoms with Crippen LogP contribution >= 0.6 is 0 Å². The van der Waals surface area contributed by atoms with E-state index in [9.17, 15) is 14.0 Å². The number of carbonyl (C=O) groups is 2. The minimum absolute atomic E-state index is 0.0501. The molecule has 2 aromatic rings. The summed E-state index contributed by atoms with van der Waals surface area (Å²) in [7, 11) is 0. The van der Waals surface area contributed by atoms with E-state index in [2.05, 4.69) is 11.2 Å². The number of nitrogens with zero attached hydrogens (tertiary/aromatic N) is 1. The highest BCUT2D eigenvalue weighted by Crippen LogP contribution is 2.40. The highest BCUT2D eigenvalue weighted by Gasteiger charge is 2.47. The summed E-state index contributed by atoms with van der Waals surface area (Å²) in [6.45, 7) is 0. The lowest BCUT2D eigenvalue weighted by molar-refractivity contribution is -0.120. The van der Waals surface area contributed by atoms with Crippen LogP contribution in [0.25, 0.3) is 0 Å². The summed E-state index contributed by atoms with van der Waals surface area (Å²) in [5, 5.41) is 2.93. The van der Waals surface area contributed by atoms with E-state index in [1.165, 1.54) is 24.3 Å². The largest absolute Gasteiger partial charge is 0.324 e. The third-order valence-electron chi connectivity index (χ3n) is 6.01. The smallest absolute Gasteiger partial charge is 0.254 e. The van der Waals surface area contributed by atoms with E-state index >= 15 is 0 Å². The van der Waals surface area contributed by atoms with Gasteiger partial charge in [-0.3, -0.25) is 9.59 Å². The average Bonchev–Trinajstić information content (AvgIpc) is 3.13. The van der Waals surface area contributed by atoms with Crippen molar-refractivity contribution in [2.24, 2.45) is 5.92 Å². The molecule has 2 fully saturated rings. The van der Waals surface area contributed by atoms with Crippen LogP contribution in [0.3, 0.4) is 0 Å². The maximum Gasteiger partial charge on any atom is 0.254 e. The minimum atomic E-state index is -0.546. The fourth-order valence-corrected chi connectivity index (χ4v) is 4.64. The van der Waals surface area contributed by atoms with Crippen LogP contribution in [0.4, 0.5) is 10.1 Å². The van der Waals surface area contributed by atoms with Gasteiger partial charge in [0.25, 0.3) is 5.91 Å². The summed E-state index contributed by atoms with van der Waals surface area (Å²) < 4.78 is 13.3. The van der Waals surface area contributed by atoms with Gasteiger partial charge in [0.15, 0.2) is 0 Å². The Morgan fingerprint density at radius 1 is 1.10 bits per heavy atom. The Morgan fingerprint density at radius 2 is 1.86 bits per heavy atom. The quantitative estimate of drug-likeness (QED) is 0.798. The first-order valence-electron chi connectivity index (χ1n) is 10.0. The lowest BCUT2D eigenvalue weighted by atomic mass is 9.84. The molecule has 1 saturated heterocycles. The molecule has 3 unspecified atom stereocenters. The SMILES string of the molecule is C#Cc1cccc(NC(=O)C2CC3CCCCC3N2C(=O)c2ccc(F)cc2)c1. The van der Waals surface area contributed by atoms with E-state index in [0.717, 1.165) is 25.7 Å². The van der Waals surface area contributed by atoms with Gasteiger partial charge in [0, 0.05) is 22.9 Å². The van der Waals surface area contributed by atoms with Crippen molar-refractivity contribution in [3.05, 3.63) is 65.5 Å². The number of hydrogen-bond donors (Lipinski definition) is 1. The maximum atomic E-state index is 13.3. The van der Waals surface area contributed by atoms with Crippen LogP contribution in [-0.2, 0) is 4.79 Å². The summed E-state index contributed by atoms with van der Waals surface area (Å²) in [5.41, 5.74) is 1.71. The zero-order chi connectivity index (χ0) is 20.4. The average molecular weight is 390 g/mol. The molecule has 1 aliphatic heterocycles. The molecule has 1 N–H and O–H groups in total. The molecule has 0 bridgehead atoms. The first-order chi connectivity index (χ1) is 14.1. The Hall–Kier alpha value is -3.13. The number of rotatable bonds is 3. The molecular formula is C24H23FN2O2. The van der Waals surface area contributed by atoms with Gasteiger partial charge in [-0.2, -0.15) is 0 Å². The van der Waals surface area contributed by atoms with Crippen LogP contribution in [0.5, 0.6) is 0 Å². The van der Waals surface area contributed by atoms with Gasteiger partial charge in [-0.1, -0.05) is 24.8 Å². The highest BCUT2D eigenvalue weighted by molar-refractivity contribution is 6.02. The molecule has 0 radical (unpaired) electrons. The number of anilines is 1. The van der Waals surface area contributed by atoms with Crippen LogP contribution < -0.4 is 5.32 Å². The number of amides is 2. The molecule has 0 spiro atoms. The van der Waals surface area contributed by atoms with Crippen molar-refractivity contribution >= 4 is 17.5 Å². The molecule has 0 aromatic heterocycles. The van der Waals surface area contributed by atoms with Crippen LogP contribution in [0.1, 0.15) is 48.0 Å². The van der Waals surface area contributed by atoms with Gasteiger partial charge >= 0.3 is 0 Å². The number of hydrogen-bond acceptors (Lipinski definition) is 2. The van der Waals surface area contributed by atoms with Gasteiger partial charge in [-0.25, -0.2) is 4.39 Å². The zero-order valence-corrected chi connectivity index (χ0v) is 16.1. The number of nitrogens with one attached hydrogen (secondary N) is 1. The summed E-state index contributed by atoms with van der Waals surface area (Å²) in [5.74, 6) is 2.07. The number of benzene rings is 2. The second-order valence-corrected chi connectivity index (χ2v) is 7.80. The first kappa shape index (κ1) is 19.2. The predicted octanol–water partition coefficient (Wildman–Crippen LogP) is 4.22. The van der Waals surface area contributed by atoms with Crippen LogP contribution in [-0.4, -0.2) is 28.8 Å². The molecule has 1 saturated carbocycles. The topological polar surface area (TPSA) is 49.4 Å². The Labute approximate surface area is 170 Å². The molecule has 4 nitrogen and oxygen atoms in total. The number of halogens is 1. The van der Waals surface area contributed by atoms with Gasteiger partial charge in [0.1, 0.15) is 11.9 Å². The first-order valence-corrected chi connectivity index (χ1v) is 10.0. The molecule has 1 aliphatic carbocycles. The monoisotopic (exact) mass is 390 g/mol. The van der Waals surface area contributed by atoms with Gasteiger partial charge in [-0.15, -0.1) is 6.42 Å². The van der Waals surface area contributed by atoms with Crippen LogP contribution in [0, 0.1) is 24.1 Å². The standard InChI is InChI=1S/C24H23FN2O2/c1-2-16-6-5-8-20(14-16)26-23(28)22-15-18-7-3-4-9-21(18)27(22)24(29)17-10-12-19(25)13-11-17/h1,5-6,8,10-14,18,21-22H,3-4,7,9,15H2,(H,26,28). The van der Waals surface area contributed by atoms with E-state index in [4.69, 9.17) is 6.42 Å². The molecule has 29 heavy (non-hydrogen) atoms. The van der Waals surface area contributed by atoms with Crippen molar-refractivity contribution in [3.63, 3.8) is 0 Å². The number of terminal acetylenes is 1. The molecule has 148 valence electrons. The van der Waals surface area contributed by atoms with E-state index in [-0.39, 0.29) is 23.7 Å². The second-order valence-electron chi connectivity index (χ2n) is 7.80. The lowest BCUT2D eigenvalue weighted by Gasteiger charge is -2.33. The Morgan fingerprint density at radius 3 is 2.62 bits per heavy atom. The molecule has 2 amide bonds. The van der Waals surface area contributed by atoms with E-state index < -0.39 is 6.04 Å². The van der Waals surface area contributed by atoms with Crippen molar-refractivity contribution in [1.29, 1.82) is 0 Å². The van der Waals surface area contributed by atoms with Gasteiger partial charge in [-0.05, 0) is 67.6 Å². The Kier molecular flexibility index (Phi) is 5.35. The Balaban J connectivity index is 1.60. The lowest BCUT2D eigenvalue weighted by Crippen LogP contribution is -2.47. The minimum Gasteiger partial charge on any atom is -0.324 e. The van der Waals surface area contributed by atoms with Crippen molar-refractivity contribution in [1.82, 2.24) is 4.90 Å². The summed E-state index contributed by atoms with van der Waals surface area (Å²) in [6, 6.07) is 12.1. The van der Waals surface area contributed by atoms with Crippen LogP contribution in [0.2, 0.25) is 0 Å². The number of likely N-dealkylation sites (tertiary alicyclic amines) is 1. The van der Waals surface area contributed by atoms with Crippen molar-refractivity contribution in [3.8, 4) is 12.3 Å². The zero-order valence-electron chi connectivity index (χ0n) is 16.1. The number of carbonyl (C=O) groups excluding carboxylic acids is 2.